The van der Waals surface area contributed by atoms with Crippen molar-refractivity contribution >= 4 is 5.82 Å². The number of nitrogens with one attached hydrogen (secondary N) is 1. The zero-order valence-corrected chi connectivity index (χ0v) is 7.77. The molecular weight excluding hydrogens is 176 g/mol. The number of hydrogen-bond acceptors (Lipinski definition) is 3. The van der Waals surface area contributed by atoms with E-state index in [9.17, 15) is 0 Å². The Balaban J connectivity index is 1.99. The third-order valence-electron chi connectivity index (χ3n) is 2.16. The summed E-state index contributed by atoms with van der Waals surface area (Å²) in [6, 6.07) is 10.3. The van der Waals surface area contributed by atoms with E-state index in [0.717, 1.165) is 18.5 Å². The summed E-state index contributed by atoms with van der Waals surface area (Å²) in [5.74, 6) is 0.501. The molecule has 0 saturated heterocycles. The lowest BCUT2D eigenvalue weighted by atomic mass is 10.1. The third-order valence-corrected chi connectivity index (χ3v) is 2.16. The van der Waals surface area contributed by atoms with Crippen molar-refractivity contribution < 1.29 is 0 Å². The second kappa shape index (κ2) is 3.91. The fraction of sp³-hybridized carbons (Fsp3) is 0.200. The van der Waals surface area contributed by atoms with Gasteiger partial charge in [0.05, 0.1) is 5.69 Å². The van der Waals surface area contributed by atoms with E-state index in [1.54, 1.807) is 0 Å². The number of aryl methyl sites for hydroxylation is 2. The van der Waals surface area contributed by atoms with Crippen molar-refractivity contribution in [2.75, 3.05) is 5.73 Å². The lowest BCUT2D eigenvalue weighted by Crippen LogP contribution is -1.96. The molecule has 0 radical (unpaired) electrons. The summed E-state index contributed by atoms with van der Waals surface area (Å²) in [6.45, 7) is 0. The summed E-state index contributed by atoms with van der Waals surface area (Å²) in [5.41, 5.74) is 7.80. The first-order valence-electron chi connectivity index (χ1n) is 4.55. The zero-order valence-electron chi connectivity index (χ0n) is 7.77. The highest BCUT2D eigenvalue weighted by Crippen LogP contribution is 2.08. The monoisotopic (exact) mass is 188 g/mol. The topological polar surface area (TPSA) is 67.6 Å². The molecule has 0 aliphatic carbocycles. The van der Waals surface area contributed by atoms with E-state index in [-0.39, 0.29) is 0 Å². The molecule has 0 aliphatic heterocycles. The Hall–Kier alpha value is -1.84. The summed E-state index contributed by atoms with van der Waals surface area (Å²) in [7, 11) is 0. The SMILES string of the molecule is Nc1nn[nH]c1CCc1ccccc1. The molecule has 0 atom stereocenters. The fourth-order valence-corrected chi connectivity index (χ4v) is 1.35. The van der Waals surface area contributed by atoms with Crippen LogP contribution >= 0.6 is 0 Å². The summed E-state index contributed by atoms with van der Waals surface area (Å²) < 4.78 is 0. The largest absolute Gasteiger partial charge is 0.381 e. The van der Waals surface area contributed by atoms with Crippen LogP contribution in [0.3, 0.4) is 0 Å². The number of hydrogen-bond donors (Lipinski definition) is 2. The van der Waals surface area contributed by atoms with Gasteiger partial charge in [0.1, 0.15) is 0 Å². The van der Waals surface area contributed by atoms with Gasteiger partial charge in [-0.05, 0) is 18.4 Å². The number of benzene rings is 1. The average Bonchev–Trinajstić information content (AvgIpc) is 2.63. The highest BCUT2D eigenvalue weighted by Gasteiger charge is 2.02. The quantitative estimate of drug-likeness (QED) is 0.759. The Bertz CT molecular complexity index is 394. The van der Waals surface area contributed by atoms with E-state index in [4.69, 9.17) is 5.73 Å². The number of aromatic nitrogens is 3. The molecule has 1 aromatic heterocycles. The number of H-pyrrole nitrogens is 1. The first-order valence-corrected chi connectivity index (χ1v) is 4.55. The van der Waals surface area contributed by atoms with Gasteiger partial charge in [-0.15, -0.1) is 5.10 Å². The minimum Gasteiger partial charge on any atom is -0.381 e. The number of nitrogens with zero attached hydrogens (tertiary/aromatic N) is 2. The van der Waals surface area contributed by atoms with Crippen LogP contribution in [0.4, 0.5) is 5.82 Å². The zero-order chi connectivity index (χ0) is 9.80. The van der Waals surface area contributed by atoms with E-state index >= 15 is 0 Å². The first kappa shape index (κ1) is 8.74. The highest BCUT2D eigenvalue weighted by molar-refractivity contribution is 5.32. The molecule has 0 bridgehead atoms. The number of rotatable bonds is 3. The van der Waals surface area contributed by atoms with Gasteiger partial charge < -0.3 is 5.73 Å². The molecule has 2 rings (SSSR count). The molecule has 72 valence electrons. The maximum absolute atomic E-state index is 5.60. The molecule has 0 aliphatic rings. The van der Waals surface area contributed by atoms with Gasteiger partial charge >= 0.3 is 0 Å². The molecular formula is C10H12N4. The van der Waals surface area contributed by atoms with E-state index in [0.29, 0.717) is 5.82 Å². The molecule has 4 nitrogen and oxygen atoms in total. The van der Waals surface area contributed by atoms with Crippen LogP contribution in [-0.2, 0) is 12.8 Å². The Morgan fingerprint density at radius 1 is 1.14 bits per heavy atom. The van der Waals surface area contributed by atoms with Crippen LogP contribution < -0.4 is 5.73 Å². The molecule has 0 saturated carbocycles. The molecule has 0 unspecified atom stereocenters. The third kappa shape index (κ3) is 1.90. The fourth-order valence-electron chi connectivity index (χ4n) is 1.35. The summed E-state index contributed by atoms with van der Waals surface area (Å²) >= 11 is 0. The minimum absolute atomic E-state index is 0.501. The van der Waals surface area contributed by atoms with Gasteiger partial charge in [0.2, 0.25) is 0 Å². The summed E-state index contributed by atoms with van der Waals surface area (Å²) in [4.78, 5) is 0. The Morgan fingerprint density at radius 3 is 2.57 bits per heavy atom. The number of aromatic amines is 1. The van der Waals surface area contributed by atoms with Gasteiger partial charge in [-0.1, -0.05) is 35.5 Å². The van der Waals surface area contributed by atoms with Crippen LogP contribution in [-0.4, -0.2) is 15.4 Å². The van der Waals surface area contributed by atoms with E-state index in [1.165, 1.54) is 5.56 Å². The Kier molecular flexibility index (Phi) is 2.44. The maximum Gasteiger partial charge on any atom is 0.168 e. The molecule has 14 heavy (non-hydrogen) atoms. The smallest absolute Gasteiger partial charge is 0.168 e. The molecule has 3 N–H and O–H groups in total. The highest BCUT2D eigenvalue weighted by atomic mass is 15.3. The second-order valence-electron chi connectivity index (χ2n) is 3.16. The van der Waals surface area contributed by atoms with Crippen molar-refractivity contribution in [3.8, 4) is 0 Å². The van der Waals surface area contributed by atoms with Crippen molar-refractivity contribution in [3.63, 3.8) is 0 Å². The van der Waals surface area contributed by atoms with Gasteiger partial charge in [-0.3, -0.25) is 5.10 Å². The number of nitrogen functional groups attached to an aromatic ring is 1. The molecule has 1 heterocycles. The van der Waals surface area contributed by atoms with Gasteiger partial charge in [0.15, 0.2) is 5.82 Å². The van der Waals surface area contributed by atoms with E-state index < -0.39 is 0 Å². The molecule has 4 heteroatoms. The van der Waals surface area contributed by atoms with Crippen molar-refractivity contribution in [1.82, 2.24) is 15.4 Å². The number of anilines is 1. The van der Waals surface area contributed by atoms with E-state index in [1.807, 2.05) is 18.2 Å². The molecule has 0 spiro atoms. The van der Waals surface area contributed by atoms with Crippen molar-refractivity contribution in [1.29, 1.82) is 0 Å². The second-order valence-corrected chi connectivity index (χ2v) is 3.16. The van der Waals surface area contributed by atoms with Crippen molar-refractivity contribution in [2.45, 2.75) is 12.8 Å². The van der Waals surface area contributed by atoms with Crippen LogP contribution in [0.2, 0.25) is 0 Å². The average molecular weight is 188 g/mol. The normalized spacial score (nSPS) is 10.3. The van der Waals surface area contributed by atoms with Crippen molar-refractivity contribution in [2.24, 2.45) is 0 Å². The van der Waals surface area contributed by atoms with Crippen LogP contribution in [0, 0.1) is 0 Å². The number of nitrogens with two attached hydrogens (primary N) is 1. The summed E-state index contributed by atoms with van der Waals surface area (Å²) in [6.07, 6.45) is 1.80. The van der Waals surface area contributed by atoms with Crippen LogP contribution in [0.15, 0.2) is 30.3 Å². The lowest BCUT2D eigenvalue weighted by molar-refractivity contribution is 0.871. The van der Waals surface area contributed by atoms with Crippen LogP contribution in [0.1, 0.15) is 11.3 Å². The molecule has 0 fully saturated rings. The maximum atomic E-state index is 5.60. The molecule has 0 amide bonds. The van der Waals surface area contributed by atoms with E-state index in [2.05, 4.69) is 27.5 Å². The molecule has 1 aromatic carbocycles. The Labute approximate surface area is 82.1 Å². The van der Waals surface area contributed by atoms with Crippen LogP contribution in [0.25, 0.3) is 0 Å². The standard InChI is InChI=1S/C10H12N4/c11-10-9(12-14-13-10)7-6-8-4-2-1-3-5-8/h1-5H,6-7H2,(H3,11,12,13,14). The van der Waals surface area contributed by atoms with Crippen molar-refractivity contribution in [3.05, 3.63) is 41.6 Å². The predicted octanol–water partition coefficient (Wildman–Crippen LogP) is 1.17. The minimum atomic E-state index is 0.501. The van der Waals surface area contributed by atoms with Gasteiger partial charge in [0.25, 0.3) is 0 Å². The van der Waals surface area contributed by atoms with Gasteiger partial charge in [-0.25, -0.2) is 0 Å². The lowest BCUT2D eigenvalue weighted by Gasteiger charge is -1.98. The molecule has 2 aromatic rings. The summed E-state index contributed by atoms with van der Waals surface area (Å²) in [5, 5.41) is 10.1. The first-order chi connectivity index (χ1) is 6.86. The predicted molar refractivity (Wildman–Crippen MR) is 54.6 cm³/mol. The Morgan fingerprint density at radius 2 is 1.93 bits per heavy atom. The van der Waals surface area contributed by atoms with Crippen LogP contribution in [0.5, 0.6) is 0 Å². The van der Waals surface area contributed by atoms with Gasteiger partial charge in [0, 0.05) is 0 Å². The van der Waals surface area contributed by atoms with Gasteiger partial charge in [-0.2, -0.15) is 0 Å².